The van der Waals surface area contributed by atoms with Gasteiger partial charge in [-0.2, -0.15) is 8.42 Å². The Labute approximate surface area is 229 Å². The summed E-state index contributed by atoms with van der Waals surface area (Å²) in [5, 5.41) is 21.0. The SMILES string of the molecule is NS(=O)(=O)OC[C@H]1C[C@@H](Nc2ncncc2C(=O)c2cc([C@@H]3OCCCc4ccc(Cl)cc43)cs2)C[C@@H]1O. The summed E-state index contributed by atoms with van der Waals surface area (Å²) in [7, 11) is -4.10. The van der Waals surface area contributed by atoms with Gasteiger partial charge in [-0.05, 0) is 66.0 Å². The van der Waals surface area contributed by atoms with Gasteiger partial charge in [-0.15, -0.1) is 11.3 Å². The number of nitrogens with zero attached hydrogens (tertiary/aromatic N) is 2. The molecule has 38 heavy (non-hydrogen) atoms. The van der Waals surface area contributed by atoms with Crippen LogP contribution in [0.5, 0.6) is 0 Å². The molecule has 4 N–H and O–H groups in total. The van der Waals surface area contributed by atoms with E-state index in [0.29, 0.717) is 40.7 Å². The van der Waals surface area contributed by atoms with Crippen LogP contribution in [0.2, 0.25) is 5.02 Å². The molecule has 5 rings (SSSR count). The summed E-state index contributed by atoms with van der Waals surface area (Å²) in [4.78, 5) is 22.3. The molecule has 1 fully saturated rings. The largest absolute Gasteiger partial charge is 0.393 e. The number of fused-ring (bicyclic) bond motifs is 1. The zero-order valence-electron chi connectivity index (χ0n) is 20.2. The number of aliphatic hydroxyl groups is 1. The fourth-order valence-corrected chi connectivity index (χ4v) is 6.41. The Balaban J connectivity index is 1.33. The van der Waals surface area contributed by atoms with Gasteiger partial charge in [0.25, 0.3) is 0 Å². The van der Waals surface area contributed by atoms with Gasteiger partial charge in [-0.25, -0.2) is 15.1 Å². The zero-order chi connectivity index (χ0) is 26.9. The molecular formula is C25H27ClN4O6S2. The Hall–Kier alpha value is -2.45. The van der Waals surface area contributed by atoms with Crippen molar-refractivity contribution in [2.24, 2.45) is 11.1 Å². The highest BCUT2D eigenvalue weighted by Gasteiger charge is 2.35. The van der Waals surface area contributed by atoms with Crippen LogP contribution in [-0.4, -0.2) is 54.6 Å². The van der Waals surface area contributed by atoms with Gasteiger partial charge < -0.3 is 15.2 Å². The molecule has 0 amide bonds. The molecule has 2 aliphatic rings. The van der Waals surface area contributed by atoms with E-state index in [-0.39, 0.29) is 24.5 Å². The van der Waals surface area contributed by atoms with Gasteiger partial charge in [0.05, 0.1) is 23.2 Å². The molecule has 1 aliphatic heterocycles. The minimum absolute atomic E-state index is 0.219. The first-order valence-electron chi connectivity index (χ1n) is 12.1. The number of carbonyl (C=O) groups excluding carboxylic acids is 1. The first kappa shape index (κ1) is 27.1. The monoisotopic (exact) mass is 578 g/mol. The van der Waals surface area contributed by atoms with E-state index in [9.17, 15) is 18.3 Å². The number of hydrogen-bond acceptors (Lipinski definition) is 10. The highest BCUT2D eigenvalue weighted by Crippen LogP contribution is 2.37. The van der Waals surface area contributed by atoms with Gasteiger partial charge in [0.2, 0.25) is 5.78 Å². The number of carbonyl (C=O) groups is 1. The number of ether oxygens (including phenoxy) is 1. The molecule has 3 heterocycles. The summed E-state index contributed by atoms with van der Waals surface area (Å²) < 4.78 is 33.0. The van der Waals surface area contributed by atoms with E-state index in [1.165, 1.54) is 29.4 Å². The normalized spacial score (nSPS) is 23.6. The summed E-state index contributed by atoms with van der Waals surface area (Å²) in [6.45, 7) is 0.385. The van der Waals surface area contributed by atoms with Gasteiger partial charge in [0.15, 0.2) is 0 Å². The fraction of sp³-hybridized carbons (Fsp3) is 0.400. The Morgan fingerprint density at radius 3 is 2.97 bits per heavy atom. The molecule has 1 aliphatic carbocycles. The second kappa shape index (κ2) is 11.3. The van der Waals surface area contributed by atoms with E-state index < -0.39 is 22.3 Å². The first-order valence-corrected chi connectivity index (χ1v) is 14.9. The van der Waals surface area contributed by atoms with Crippen LogP contribution < -0.4 is 10.5 Å². The van der Waals surface area contributed by atoms with E-state index in [1.807, 2.05) is 29.6 Å². The standard InChI is InChI=1S/C25H27ClN4O6S2/c26-17-4-3-14-2-1-5-35-24(19(14)8-17)16-7-22(37-12-16)23(32)20-10-28-13-29-25(20)30-18-6-15(21(31)9-18)11-36-38(27,33)34/h3-4,7-8,10,12-13,15,18,21,24,31H,1-2,5-6,9,11H2,(H2,27,33,34)(H,28,29,30)/t15-,18-,21+,24+/m1/s1. The van der Waals surface area contributed by atoms with Gasteiger partial charge in [0, 0.05) is 29.8 Å². The average molecular weight is 579 g/mol. The predicted octanol–water partition coefficient (Wildman–Crippen LogP) is 3.25. The topological polar surface area (TPSA) is 154 Å². The molecule has 0 radical (unpaired) electrons. The first-order chi connectivity index (χ1) is 18.2. The second-order valence-corrected chi connectivity index (χ2v) is 12.0. The number of aromatic nitrogens is 2. The molecule has 0 spiro atoms. The summed E-state index contributed by atoms with van der Waals surface area (Å²) >= 11 is 7.60. The number of rotatable bonds is 8. The highest BCUT2D eigenvalue weighted by molar-refractivity contribution is 7.84. The molecule has 10 nitrogen and oxygen atoms in total. The lowest BCUT2D eigenvalue weighted by atomic mass is 9.96. The van der Waals surface area contributed by atoms with Gasteiger partial charge in [0.1, 0.15) is 18.2 Å². The van der Waals surface area contributed by atoms with Gasteiger partial charge in [-0.1, -0.05) is 17.7 Å². The number of halogens is 1. The van der Waals surface area contributed by atoms with Crippen molar-refractivity contribution in [3.05, 3.63) is 74.3 Å². The summed E-state index contributed by atoms with van der Waals surface area (Å²) in [6.07, 6.45) is 4.25. The molecule has 13 heteroatoms. The minimum atomic E-state index is -4.10. The quantitative estimate of drug-likeness (QED) is 0.342. The number of nitrogens with one attached hydrogen (secondary N) is 1. The summed E-state index contributed by atoms with van der Waals surface area (Å²) in [6, 6.07) is 7.43. The molecule has 1 aromatic carbocycles. The number of anilines is 1. The van der Waals surface area contributed by atoms with Crippen LogP contribution >= 0.6 is 22.9 Å². The third kappa shape index (κ3) is 6.23. The summed E-state index contributed by atoms with van der Waals surface area (Å²) in [5.74, 6) is -0.326. The van der Waals surface area contributed by atoms with Crippen molar-refractivity contribution in [2.45, 2.75) is 43.9 Å². The maximum atomic E-state index is 13.5. The van der Waals surface area contributed by atoms with Crippen molar-refractivity contribution < 1.29 is 27.2 Å². The molecule has 0 bridgehead atoms. The number of aliphatic hydroxyl groups excluding tert-OH is 1. The lowest BCUT2D eigenvalue weighted by Gasteiger charge is -2.17. The van der Waals surface area contributed by atoms with E-state index >= 15 is 0 Å². The number of ketones is 1. The highest BCUT2D eigenvalue weighted by atomic mass is 35.5. The third-order valence-electron chi connectivity index (χ3n) is 6.81. The second-order valence-electron chi connectivity index (χ2n) is 9.47. The zero-order valence-corrected chi connectivity index (χ0v) is 22.6. The molecule has 0 saturated heterocycles. The predicted molar refractivity (Wildman–Crippen MR) is 143 cm³/mol. The maximum absolute atomic E-state index is 13.5. The maximum Gasteiger partial charge on any atom is 0.333 e. The van der Waals surface area contributed by atoms with Crippen LogP contribution in [0.25, 0.3) is 0 Å². The van der Waals surface area contributed by atoms with Gasteiger partial charge >= 0.3 is 10.3 Å². The Morgan fingerprint density at radius 2 is 2.16 bits per heavy atom. The van der Waals surface area contributed by atoms with E-state index in [4.69, 9.17) is 21.5 Å². The number of hydrogen-bond donors (Lipinski definition) is 3. The van der Waals surface area contributed by atoms with Crippen molar-refractivity contribution in [1.82, 2.24) is 9.97 Å². The molecule has 2 aromatic heterocycles. The molecule has 3 aromatic rings. The number of thiophene rings is 1. The van der Waals surface area contributed by atoms with Crippen molar-refractivity contribution in [2.75, 3.05) is 18.5 Å². The van der Waals surface area contributed by atoms with Crippen molar-refractivity contribution in [1.29, 1.82) is 0 Å². The Morgan fingerprint density at radius 1 is 1.32 bits per heavy atom. The van der Waals surface area contributed by atoms with Crippen LogP contribution in [0.3, 0.4) is 0 Å². The van der Waals surface area contributed by atoms with Crippen molar-refractivity contribution in [3.8, 4) is 0 Å². The minimum Gasteiger partial charge on any atom is -0.393 e. The molecular weight excluding hydrogens is 552 g/mol. The Bertz CT molecular complexity index is 1430. The van der Waals surface area contributed by atoms with Crippen LogP contribution in [0.4, 0.5) is 5.82 Å². The van der Waals surface area contributed by atoms with Crippen molar-refractivity contribution >= 4 is 44.8 Å². The average Bonchev–Trinajstić information content (AvgIpc) is 3.44. The number of nitrogens with two attached hydrogens (primary N) is 1. The lowest BCUT2D eigenvalue weighted by molar-refractivity contribution is 0.0844. The molecule has 4 atom stereocenters. The molecule has 202 valence electrons. The lowest BCUT2D eigenvalue weighted by Crippen LogP contribution is -2.24. The van der Waals surface area contributed by atoms with Crippen LogP contribution in [0, 0.1) is 5.92 Å². The number of benzene rings is 1. The van der Waals surface area contributed by atoms with E-state index in [2.05, 4.69) is 19.5 Å². The fourth-order valence-electron chi connectivity index (χ4n) is 4.99. The smallest absolute Gasteiger partial charge is 0.333 e. The summed E-state index contributed by atoms with van der Waals surface area (Å²) in [5.41, 5.74) is 3.37. The van der Waals surface area contributed by atoms with Gasteiger partial charge in [-0.3, -0.25) is 8.98 Å². The van der Waals surface area contributed by atoms with Crippen LogP contribution in [0.15, 0.2) is 42.2 Å². The van der Waals surface area contributed by atoms with Crippen LogP contribution in [-0.2, 0) is 25.6 Å². The Kier molecular flexibility index (Phi) is 8.10. The molecule has 0 unspecified atom stereocenters. The van der Waals surface area contributed by atoms with E-state index in [1.54, 1.807) is 0 Å². The molecule has 1 saturated carbocycles. The van der Waals surface area contributed by atoms with Crippen molar-refractivity contribution in [3.63, 3.8) is 0 Å². The number of aryl methyl sites for hydroxylation is 1. The van der Waals surface area contributed by atoms with Crippen LogP contribution in [0.1, 0.15) is 57.3 Å². The van der Waals surface area contributed by atoms with E-state index in [0.717, 1.165) is 24.0 Å². The third-order valence-corrected chi connectivity index (χ3v) is 8.46.